The van der Waals surface area contributed by atoms with Gasteiger partial charge in [0, 0.05) is 30.9 Å². The van der Waals surface area contributed by atoms with Gasteiger partial charge in [-0.05, 0) is 55.5 Å². The molecule has 0 bridgehead atoms. The van der Waals surface area contributed by atoms with E-state index in [2.05, 4.69) is 10.0 Å². The van der Waals surface area contributed by atoms with Gasteiger partial charge in [0.25, 0.3) is 5.91 Å². The molecule has 2 heterocycles. The van der Waals surface area contributed by atoms with Gasteiger partial charge in [-0.25, -0.2) is 8.42 Å². The van der Waals surface area contributed by atoms with Crippen molar-refractivity contribution in [2.24, 2.45) is 5.41 Å². The third kappa shape index (κ3) is 4.40. The van der Waals surface area contributed by atoms with Crippen LogP contribution in [-0.4, -0.2) is 51.7 Å². The zero-order chi connectivity index (χ0) is 16.5. The fourth-order valence-corrected chi connectivity index (χ4v) is 4.05. The summed E-state index contributed by atoms with van der Waals surface area (Å²) in [6, 6.07) is 6.61. The first kappa shape index (κ1) is 19.0. The second-order valence-corrected chi connectivity index (χ2v) is 8.42. The van der Waals surface area contributed by atoms with Gasteiger partial charge in [0.2, 0.25) is 10.0 Å². The normalized spacial score (nSPS) is 19.8. The smallest absolute Gasteiger partial charge is 0.253 e. The Balaban J connectivity index is 0.00000208. The number of piperidine rings is 1. The van der Waals surface area contributed by atoms with Crippen molar-refractivity contribution in [3.8, 4) is 0 Å². The second kappa shape index (κ2) is 7.29. The summed E-state index contributed by atoms with van der Waals surface area (Å²) < 4.78 is 24.8. The van der Waals surface area contributed by atoms with Crippen LogP contribution in [0.15, 0.2) is 24.3 Å². The molecule has 1 aromatic rings. The summed E-state index contributed by atoms with van der Waals surface area (Å²) in [5.41, 5.74) is 1.46. The largest absolute Gasteiger partial charge is 0.339 e. The van der Waals surface area contributed by atoms with Crippen molar-refractivity contribution in [1.82, 2.24) is 10.2 Å². The van der Waals surface area contributed by atoms with Crippen molar-refractivity contribution < 1.29 is 13.2 Å². The van der Waals surface area contributed by atoms with Gasteiger partial charge in [0.1, 0.15) is 0 Å². The van der Waals surface area contributed by atoms with Gasteiger partial charge >= 0.3 is 0 Å². The molecule has 0 aliphatic carbocycles. The van der Waals surface area contributed by atoms with Crippen LogP contribution in [0, 0.1) is 5.41 Å². The van der Waals surface area contributed by atoms with Crippen LogP contribution in [0.1, 0.15) is 29.6 Å². The zero-order valence-corrected chi connectivity index (χ0v) is 15.4. The van der Waals surface area contributed by atoms with Crippen LogP contribution in [0.2, 0.25) is 0 Å². The van der Waals surface area contributed by atoms with Gasteiger partial charge in [0.15, 0.2) is 0 Å². The molecule has 2 fully saturated rings. The predicted molar refractivity (Wildman–Crippen MR) is 97.2 cm³/mol. The van der Waals surface area contributed by atoms with E-state index in [-0.39, 0.29) is 18.3 Å². The first-order chi connectivity index (χ1) is 10.9. The minimum absolute atomic E-state index is 0. The highest BCUT2D eigenvalue weighted by Crippen LogP contribution is 2.37. The molecule has 0 atom stereocenters. The summed E-state index contributed by atoms with van der Waals surface area (Å²) in [5, 5.41) is 3.42. The predicted octanol–water partition coefficient (Wildman–Crippen LogP) is 1.70. The number of carbonyl (C=O) groups is 1. The Labute approximate surface area is 149 Å². The van der Waals surface area contributed by atoms with Crippen molar-refractivity contribution in [2.45, 2.75) is 19.3 Å². The molecule has 2 aliphatic rings. The molecular weight excluding hydrogens is 350 g/mol. The minimum Gasteiger partial charge on any atom is -0.339 e. The van der Waals surface area contributed by atoms with Gasteiger partial charge in [0.05, 0.1) is 6.26 Å². The van der Waals surface area contributed by atoms with Crippen LogP contribution in [-0.2, 0) is 10.0 Å². The van der Waals surface area contributed by atoms with Gasteiger partial charge in [-0.1, -0.05) is 0 Å². The van der Waals surface area contributed by atoms with E-state index in [0.717, 1.165) is 45.3 Å². The Morgan fingerprint density at radius 1 is 1.17 bits per heavy atom. The number of halogens is 1. The number of sulfonamides is 1. The maximum Gasteiger partial charge on any atom is 0.253 e. The summed E-state index contributed by atoms with van der Waals surface area (Å²) in [6.45, 7) is 3.75. The lowest BCUT2D eigenvalue weighted by Gasteiger charge is -2.38. The highest BCUT2D eigenvalue weighted by molar-refractivity contribution is 7.92. The number of rotatable bonds is 3. The standard InChI is InChI=1S/C16H23N3O3S.ClH/c1-23(21,22)18-14-4-2-13(3-5-14)15(20)19-10-7-16(8-11-19)6-9-17-12-16;/h2-5,17-18H,6-12H2,1H3;1H. The average Bonchev–Trinajstić information content (AvgIpc) is 2.95. The molecule has 0 radical (unpaired) electrons. The van der Waals surface area contributed by atoms with Gasteiger partial charge in [-0.3, -0.25) is 9.52 Å². The lowest BCUT2D eigenvalue weighted by molar-refractivity contribution is 0.0607. The van der Waals surface area contributed by atoms with E-state index in [1.165, 1.54) is 6.42 Å². The maximum absolute atomic E-state index is 12.6. The summed E-state index contributed by atoms with van der Waals surface area (Å²) >= 11 is 0. The van der Waals surface area contributed by atoms with Crippen LogP contribution in [0.3, 0.4) is 0 Å². The number of nitrogens with one attached hydrogen (secondary N) is 2. The molecule has 0 unspecified atom stereocenters. The van der Waals surface area contributed by atoms with Crippen molar-refractivity contribution in [2.75, 3.05) is 37.2 Å². The number of anilines is 1. The molecule has 0 saturated carbocycles. The number of amides is 1. The highest BCUT2D eigenvalue weighted by Gasteiger charge is 2.38. The van der Waals surface area contributed by atoms with Crippen molar-refractivity contribution in [1.29, 1.82) is 0 Å². The molecule has 8 heteroatoms. The number of carbonyl (C=O) groups excluding carboxylic acids is 1. The number of likely N-dealkylation sites (tertiary alicyclic amines) is 1. The topological polar surface area (TPSA) is 78.5 Å². The van der Waals surface area contributed by atoms with Crippen molar-refractivity contribution >= 4 is 34.0 Å². The molecule has 134 valence electrons. The molecule has 0 aromatic heterocycles. The van der Waals surface area contributed by atoms with E-state index in [1.54, 1.807) is 24.3 Å². The minimum atomic E-state index is -3.29. The second-order valence-electron chi connectivity index (χ2n) is 6.67. The van der Waals surface area contributed by atoms with Crippen LogP contribution < -0.4 is 10.0 Å². The maximum atomic E-state index is 12.6. The van der Waals surface area contributed by atoms with Crippen LogP contribution in [0.4, 0.5) is 5.69 Å². The summed E-state index contributed by atoms with van der Waals surface area (Å²) in [5.74, 6) is 0.0247. The number of benzene rings is 1. The van der Waals surface area contributed by atoms with Gasteiger partial charge < -0.3 is 10.2 Å². The fraction of sp³-hybridized carbons (Fsp3) is 0.562. The Hall–Kier alpha value is -1.31. The molecule has 1 aromatic carbocycles. The lowest BCUT2D eigenvalue weighted by atomic mass is 9.78. The number of nitrogens with zero attached hydrogens (tertiary/aromatic N) is 1. The molecular formula is C16H24ClN3O3S. The van der Waals surface area contributed by atoms with Crippen molar-refractivity contribution in [3.05, 3.63) is 29.8 Å². The molecule has 3 rings (SSSR count). The molecule has 6 nitrogen and oxygen atoms in total. The number of hydrogen-bond acceptors (Lipinski definition) is 4. The molecule has 1 spiro atoms. The van der Waals surface area contributed by atoms with Crippen LogP contribution in [0.25, 0.3) is 0 Å². The number of hydrogen-bond donors (Lipinski definition) is 2. The lowest BCUT2D eigenvalue weighted by Crippen LogP contribution is -2.44. The summed E-state index contributed by atoms with van der Waals surface area (Å²) in [7, 11) is -3.29. The van der Waals surface area contributed by atoms with Crippen molar-refractivity contribution in [3.63, 3.8) is 0 Å². The monoisotopic (exact) mass is 373 g/mol. The molecule has 1 amide bonds. The van der Waals surface area contributed by atoms with Gasteiger partial charge in [-0.2, -0.15) is 0 Å². The Kier molecular flexibility index (Phi) is 5.78. The first-order valence-corrected chi connectivity index (χ1v) is 9.84. The third-order valence-corrected chi connectivity index (χ3v) is 5.49. The van der Waals surface area contributed by atoms with Crippen LogP contribution in [0.5, 0.6) is 0 Å². The summed E-state index contributed by atoms with van der Waals surface area (Å²) in [4.78, 5) is 14.5. The fourth-order valence-electron chi connectivity index (χ4n) is 3.48. The molecule has 24 heavy (non-hydrogen) atoms. The zero-order valence-electron chi connectivity index (χ0n) is 13.7. The Morgan fingerprint density at radius 3 is 2.29 bits per heavy atom. The quantitative estimate of drug-likeness (QED) is 0.845. The van der Waals surface area contributed by atoms with E-state index in [0.29, 0.717) is 16.7 Å². The SMILES string of the molecule is CS(=O)(=O)Nc1ccc(C(=O)N2CCC3(CCNC3)CC2)cc1.Cl. The van der Waals surface area contributed by atoms with E-state index in [9.17, 15) is 13.2 Å². The molecule has 2 N–H and O–H groups in total. The van der Waals surface area contributed by atoms with E-state index in [1.807, 2.05) is 4.90 Å². The first-order valence-electron chi connectivity index (χ1n) is 7.95. The van der Waals surface area contributed by atoms with Crippen LogP contribution >= 0.6 is 12.4 Å². The average molecular weight is 374 g/mol. The van der Waals surface area contributed by atoms with E-state index in [4.69, 9.17) is 0 Å². The highest BCUT2D eigenvalue weighted by atomic mass is 35.5. The molecule has 2 aliphatic heterocycles. The van der Waals surface area contributed by atoms with E-state index >= 15 is 0 Å². The summed E-state index contributed by atoms with van der Waals surface area (Å²) in [6.07, 6.45) is 4.42. The van der Waals surface area contributed by atoms with E-state index < -0.39 is 10.0 Å². The molecule has 2 saturated heterocycles. The Bertz CT molecular complexity index is 675. The Morgan fingerprint density at radius 2 is 1.79 bits per heavy atom. The third-order valence-electron chi connectivity index (χ3n) is 4.88. The van der Waals surface area contributed by atoms with Gasteiger partial charge in [-0.15, -0.1) is 12.4 Å².